The molecule has 2 aliphatic rings. The summed E-state index contributed by atoms with van der Waals surface area (Å²) in [5.74, 6) is 1.22. The maximum Gasteiger partial charge on any atom is 0.271 e. The summed E-state index contributed by atoms with van der Waals surface area (Å²) in [6.45, 7) is 3.53. The maximum absolute atomic E-state index is 11.6. The fourth-order valence-electron chi connectivity index (χ4n) is 3.82. The highest BCUT2D eigenvalue weighted by atomic mass is 35.5. The van der Waals surface area contributed by atoms with E-state index >= 15 is 0 Å². The number of rotatable bonds is 2. The molecule has 2 aromatic rings. The van der Waals surface area contributed by atoms with Crippen molar-refractivity contribution in [2.45, 2.75) is 31.9 Å². The van der Waals surface area contributed by atoms with E-state index in [1.807, 2.05) is 24.3 Å². The van der Waals surface area contributed by atoms with Gasteiger partial charge in [0.05, 0.1) is 6.54 Å². The summed E-state index contributed by atoms with van der Waals surface area (Å²) >= 11 is 6.03. The molecule has 2 aliphatic heterocycles. The summed E-state index contributed by atoms with van der Waals surface area (Å²) in [5, 5.41) is 12.2. The van der Waals surface area contributed by atoms with Crippen LogP contribution in [0.15, 0.2) is 48.5 Å². The van der Waals surface area contributed by atoms with Crippen molar-refractivity contribution in [3.8, 4) is 0 Å². The second-order valence-electron chi connectivity index (χ2n) is 6.77. The van der Waals surface area contributed by atoms with Crippen LogP contribution in [0, 0.1) is 6.92 Å². The predicted molar refractivity (Wildman–Crippen MR) is 97.9 cm³/mol. The smallest absolute Gasteiger partial charge is 0.271 e. The summed E-state index contributed by atoms with van der Waals surface area (Å²) in [5.41, 5.74) is 2.30. The molecule has 3 nitrogen and oxygen atoms in total. The summed E-state index contributed by atoms with van der Waals surface area (Å²) in [4.78, 5) is 2.27. The number of halogens is 1. The molecule has 2 heterocycles. The van der Waals surface area contributed by atoms with Crippen LogP contribution >= 0.6 is 11.6 Å². The largest absolute Gasteiger partial charge is 0.346 e. The lowest BCUT2D eigenvalue weighted by molar-refractivity contribution is -0.661. The molecule has 24 heavy (non-hydrogen) atoms. The molecule has 0 saturated carbocycles. The van der Waals surface area contributed by atoms with Crippen LogP contribution < -0.4 is 4.90 Å². The van der Waals surface area contributed by atoms with Gasteiger partial charge in [-0.05, 0) is 44.0 Å². The molecule has 1 N–H and O–H groups in total. The number of anilines is 1. The maximum atomic E-state index is 11.6. The van der Waals surface area contributed by atoms with E-state index in [2.05, 4.69) is 40.7 Å². The van der Waals surface area contributed by atoms with Gasteiger partial charge in [-0.15, -0.1) is 0 Å². The first-order valence-corrected chi connectivity index (χ1v) is 8.92. The first kappa shape index (κ1) is 15.7. The van der Waals surface area contributed by atoms with Crippen LogP contribution in [0.5, 0.6) is 0 Å². The van der Waals surface area contributed by atoms with Gasteiger partial charge in [-0.3, -0.25) is 0 Å². The minimum Gasteiger partial charge on any atom is -0.346 e. The van der Waals surface area contributed by atoms with Gasteiger partial charge in [-0.1, -0.05) is 41.4 Å². The Morgan fingerprint density at radius 1 is 1.04 bits per heavy atom. The van der Waals surface area contributed by atoms with Crippen molar-refractivity contribution >= 4 is 23.1 Å². The van der Waals surface area contributed by atoms with Gasteiger partial charge in [0.25, 0.3) is 11.6 Å². The van der Waals surface area contributed by atoms with Gasteiger partial charge >= 0.3 is 0 Å². The van der Waals surface area contributed by atoms with Gasteiger partial charge in [-0.2, -0.15) is 0 Å². The molecule has 0 saturated heterocycles. The highest BCUT2D eigenvalue weighted by Crippen LogP contribution is 2.36. The topological polar surface area (TPSA) is 26.5 Å². The number of aryl methyl sites for hydroxylation is 1. The third-order valence-electron chi connectivity index (χ3n) is 5.13. The van der Waals surface area contributed by atoms with Gasteiger partial charge in [0.15, 0.2) is 6.54 Å². The summed E-state index contributed by atoms with van der Waals surface area (Å²) < 4.78 is 2.18. The zero-order chi connectivity index (χ0) is 16.7. The number of β-amino-alcohol motifs (C(OH)–C–C–N with tert-alkyl or cyclic N) is 1. The Morgan fingerprint density at radius 3 is 2.46 bits per heavy atom. The predicted octanol–water partition coefficient (Wildman–Crippen LogP) is 3.91. The van der Waals surface area contributed by atoms with Gasteiger partial charge in [0.1, 0.15) is 5.69 Å². The Kier molecular flexibility index (Phi) is 3.86. The van der Waals surface area contributed by atoms with E-state index in [0.29, 0.717) is 11.6 Å². The Labute approximate surface area is 147 Å². The van der Waals surface area contributed by atoms with E-state index < -0.39 is 5.72 Å². The highest BCUT2D eigenvalue weighted by Gasteiger charge is 2.52. The second-order valence-corrected chi connectivity index (χ2v) is 7.21. The molecule has 0 aromatic heterocycles. The van der Waals surface area contributed by atoms with Crippen LogP contribution in [-0.4, -0.2) is 28.6 Å². The fourth-order valence-corrected chi connectivity index (χ4v) is 3.95. The minimum atomic E-state index is -0.995. The molecule has 0 radical (unpaired) electrons. The average molecular weight is 342 g/mol. The monoisotopic (exact) mass is 341 g/mol. The second kappa shape index (κ2) is 5.91. The van der Waals surface area contributed by atoms with E-state index in [9.17, 15) is 5.11 Å². The summed E-state index contributed by atoms with van der Waals surface area (Å²) in [6.07, 6.45) is 3.29. The fraction of sp³-hybridized carbons (Fsp3) is 0.350. The normalized spacial score (nSPS) is 23.5. The zero-order valence-corrected chi connectivity index (χ0v) is 14.6. The van der Waals surface area contributed by atoms with Crippen molar-refractivity contribution in [3.05, 3.63) is 64.7 Å². The van der Waals surface area contributed by atoms with E-state index in [1.54, 1.807) is 0 Å². The van der Waals surface area contributed by atoms with Crippen LogP contribution in [0.3, 0.4) is 0 Å². The van der Waals surface area contributed by atoms with Crippen molar-refractivity contribution < 1.29 is 9.68 Å². The van der Waals surface area contributed by atoms with Gasteiger partial charge in [0, 0.05) is 17.0 Å². The summed E-state index contributed by atoms with van der Waals surface area (Å²) in [7, 11) is 0. The molecule has 4 rings (SSSR count). The molecule has 0 amide bonds. The highest BCUT2D eigenvalue weighted by molar-refractivity contribution is 6.30. The summed E-state index contributed by atoms with van der Waals surface area (Å²) in [6, 6.07) is 16.1. The standard InChI is InChI=1S/C20H22ClN2O/c1-15-5-11-18(12-6-15)22-14-20(24,16-7-9-17(21)10-8-16)23-13-3-2-4-19(22)23/h5-12,24H,2-4,13-14H2,1H3/q+1/t20-/m0/s1. The molecule has 0 fully saturated rings. The van der Waals surface area contributed by atoms with Crippen molar-refractivity contribution in [1.29, 1.82) is 0 Å². The molecular formula is C20H22ClN2O+. The van der Waals surface area contributed by atoms with Crippen LogP contribution in [0.1, 0.15) is 30.4 Å². The number of benzene rings is 2. The zero-order valence-electron chi connectivity index (χ0n) is 13.9. The molecule has 4 heteroatoms. The molecule has 0 aliphatic carbocycles. The third kappa shape index (κ3) is 2.52. The number of aliphatic hydroxyl groups is 1. The molecule has 2 aromatic carbocycles. The Hall–Kier alpha value is -1.84. The van der Waals surface area contributed by atoms with Crippen molar-refractivity contribution in [2.24, 2.45) is 0 Å². The molecule has 1 atom stereocenters. The molecule has 124 valence electrons. The van der Waals surface area contributed by atoms with E-state index in [4.69, 9.17) is 11.6 Å². The lowest BCUT2D eigenvalue weighted by atomic mass is 10.0. The van der Waals surface area contributed by atoms with Crippen LogP contribution in [0.4, 0.5) is 5.69 Å². The first-order valence-electron chi connectivity index (χ1n) is 8.54. The van der Waals surface area contributed by atoms with Crippen LogP contribution in [0.2, 0.25) is 5.02 Å². The SMILES string of the molecule is Cc1ccc(N2C[C@](O)(c3ccc(Cl)cc3)[N+]3=C2CCCC3)cc1. The lowest BCUT2D eigenvalue weighted by Gasteiger charge is -2.24. The third-order valence-corrected chi connectivity index (χ3v) is 5.38. The Morgan fingerprint density at radius 2 is 1.75 bits per heavy atom. The molecule has 0 unspecified atom stereocenters. The molecule has 0 bridgehead atoms. The quantitative estimate of drug-likeness (QED) is 0.838. The van der Waals surface area contributed by atoms with E-state index in [-0.39, 0.29) is 0 Å². The number of nitrogens with zero attached hydrogens (tertiary/aromatic N) is 2. The van der Waals surface area contributed by atoms with Crippen molar-refractivity contribution in [3.63, 3.8) is 0 Å². The van der Waals surface area contributed by atoms with E-state index in [1.165, 1.54) is 17.8 Å². The van der Waals surface area contributed by atoms with E-state index in [0.717, 1.165) is 30.6 Å². The average Bonchev–Trinajstić information content (AvgIpc) is 2.91. The van der Waals surface area contributed by atoms with Gasteiger partial charge in [0.2, 0.25) is 0 Å². The van der Waals surface area contributed by atoms with Crippen LogP contribution in [-0.2, 0) is 5.72 Å². The lowest BCUT2D eigenvalue weighted by Crippen LogP contribution is -2.41. The molecular weight excluding hydrogens is 320 g/mol. The first-order chi connectivity index (χ1) is 11.6. The number of amidine groups is 1. The Balaban J connectivity index is 1.78. The van der Waals surface area contributed by atoms with Gasteiger partial charge in [-0.25, -0.2) is 9.48 Å². The number of hydrogen-bond acceptors (Lipinski definition) is 2. The van der Waals surface area contributed by atoms with Crippen molar-refractivity contribution in [1.82, 2.24) is 0 Å². The van der Waals surface area contributed by atoms with Crippen LogP contribution in [0.25, 0.3) is 0 Å². The van der Waals surface area contributed by atoms with Gasteiger partial charge < -0.3 is 5.11 Å². The van der Waals surface area contributed by atoms with Crippen molar-refractivity contribution in [2.75, 3.05) is 18.0 Å². The Bertz CT molecular complexity index is 782. The molecule has 0 spiro atoms. The minimum absolute atomic E-state index is 0.549. The number of hydrogen-bond donors (Lipinski definition) is 1.